The standard InChI is InChI=1S/C27H28Cl2F6N3O2.Y/c1-16(2)4-7-24(39)37-8-9-38(21(15-37)10-17-5-6-22(28)23(29)11-17)25(40)36(3)20-13-18(26(30,31)32)12-19(14-20)27(33,34)35;/h5-6,11-14,21H,4,7-10,15H2,1-3H3;/q-1;/t21-;/m1./s1. The van der Waals surface area contributed by atoms with E-state index in [1.807, 2.05) is 13.8 Å². The van der Waals surface area contributed by atoms with Gasteiger partial charge in [-0.05, 0) is 48.7 Å². The molecule has 2 aromatic rings. The van der Waals surface area contributed by atoms with E-state index in [4.69, 9.17) is 23.2 Å². The van der Waals surface area contributed by atoms with Crippen LogP contribution in [0.25, 0.3) is 0 Å². The molecule has 0 aromatic heterocycles. The Morgan fingerprint density at radius 2 is 1.54 bits per heavy atom. The Morgan fingerprint density at radius 3 is 2.05 bits per heavy atom. The van der Waals surface area contributed by atoms with Gasteiger partial charge in [0.05, 0.1) is 27.2 Å². The number of alkyl halides is 6. The Hall–Kier alpha value is -1.56. The molecule has 14 heteroatoms. The van der Waals surface area contributed by atoms with Gasteiger partial charge in [-0.25, -0.2) is 4.79 Å². The number of halogens is 8. The van der Waals surface area contributed by atoms with Crippen LogP contribution in [0.1, 0.15) is 43.4 Å². The largest absolute Gasteiger partial charge is 0.416 e. The average molecular weight is 700 g/mol. The number of hydrogen-bond donors (Lipinski definition) is 0. The Kier molecular flexibility index (Phi) is 12.4. The van der Waals surface area contributed by atoms with Gasteiger partial charge >= 0.3 is 18.4 Å². The van der Waals surface area contributed by atoms with Gasteiger partial charge in [0.2, 0.25) is 5.91 Å². The predicted octanol–water partition coefficient (Wildman–Crippen LogP) is 7.73. The van der Waals surface area contributed by atoms with Crippen LogP contribution >= 0.6 is 23.2 Å². The fraction of sp³-hybridized carbons (Fsp3) is 0.444. The maximum absolute atomic E-state index is 13.6. The molecule has 2 aromatic carbocycles. The molecular weight excluding hydrogens is 672 g/mol. The first kappa shape index (κ1) is 35.6. The van der Waals surface area contributed by atoms with E-state index in [9.17, 15) is 35.9 Å². The summed E-state index contributed by atoms with van der Waals surface area (Å²) in [6, 6.07) is 4.45. The molecule has 1 heterocycles. The summed E-state index contributed by atoms with van der Waals surface area (Å²) in [7, 11) is 1.12. The van der Waals surface area contributed by atoms with Crippen LogP contribution in [0.15, 0.2) is 36.4 Å². The third-order valence-electron chi connectivity index (χ3n) is 6.62. The van der Waals surface area contributed by atoms with Crippen LogP contribution < -0.4 is 4.90 Å². The van der Waals surface area contributed by atoms with Gasteiger partial charge in [0.25, 0.3) is 0 Å². The summed E-state index contributed by atoms with van der Waals surface area (Å²) >= 11 is 12.2. The van der Waals surface area contributed by atoms with Gasteiger partial charge in [0.1, 0.15) is 0 Å². The predicted molar refractivity (Wildman–Crippen MR) is 141 cm³/mol. The van der Waals surface area contributed by atoms with Crippen molar-refractivity contribution in [2.24, 2.45) is 0 Å². The van der Waals surface area contributed by atoms with Crippen molar-refractivity contribution in [3.8, 4) is 0 Å². The summed E-state index contributed by atoms with van der Waals surface area (Å²) in [5, 5.41) is 0.588. The molecule has 1 aliphatic heterocycles. The average Bonchev–Trinajstić information content (AvgIpc) is 2.87. The Bertz CT molecular complexity index is 1210. The minimum absolute atomic E-state index is 0. The first-order chi connectivity index (χ1) is 18.5. The molecule has 0 unspecified atom stereocenters. The molecule has 3 rings (SSSR count). The second-order valence-electron chi connectivity index (χ2n) is 9.95. The van der Waals surface area contributed by atoms with Crippen LogP contribution in [0.2, 0.25) is 10.0 Å². The molecular formula is C27H28Cl2F6N3O2Y-. The molecule has 5 nitrogen and oxygen atoms in total. The number of anilines is 1. The van der Waals surface area contributed by atoms with Gasteiger partial charge in [-0.2, -0.15) is 46.6 Å². The fourth-order valence-corrected chi connectivity index (χ4v) is 4.72. The second-order valence-corrected chi connectivity index (χ2v) is 10.8. The van der Waals surface area contributed by atoms with Gasteiger partial charge in [0.15, 0.2) is 0 Å². The third-order valence-corrected chi connectivity index (χ3v) is 7.36. The number of benzene rings is 2. The Morgan fingerprint density at radius 1 is 0.951 bits per heavy atom. The number of nitrogens with zero attached hydrogens (tertiary/aromatic N) is 3. The van der Waals surface area contributed by atoms with Crippen molar-refractivity contribution >= 4 is 40.8 Å². The van der Waals surface area contributed by atoms with Crippen LogP contribution in [-0.4, -0.2) is 54.5 Å². The first-order valence-electron chi connectivity index (χ1n) is 12.3. The molecule has 3 amide bonds. The summed E-state index contributed by atoms with van der Waals surface area (Å²) in [4.78, 5) is 30.1. The van der Waals surface area contributed by atoms with Crippen LogP contribution in [-0.2, 0) is 56.3 Å². The molecule has 1 aliphatic rings. The summed E-state index contributed by atoms with van der Waals surface area (Å²) < 4.78 is 80.5. The molecule has 0 spiro atoms. The van der Waals surface area contributed by atoms with E-state index < -0.39 is 41.2 Å². The summed E-state index contributed by atoms with van der Waals surface area (Å²) in [6.45, 7) is 4.13. The second kappa shape index (κ2) is 14.3. The quantitative estimate of drug-likeness (QED) is 0.229. The van der Waals surface area contributed by atoms with Crippen LogP contribution in [0.4, 0.5) is 36.8 Å². The van der Waals surface area contributed by atoms with Gasteiger partial charge in [-0.3, -0.25) is 9.69 Å². The number of hydrogen-bond acceptors (Lipinski definition) is 2. The van der Waals surface area contributed by atoms with Crippen molar-refractivity contribution in [2.75, 3.05) is 31.6 Å². The zero-order valence-corrected chi connectivity index (χ0v) is 26.9. The smallest absolute Gasteiger partial charge is 0.339 e. The molecule has 1 saturated heterocycles. The minimum atomic E-state index is -5.06. The third kappa shape index (κ3) is 9.47. The van der Waals surface area contributed by atoms with E-state index in [2.05, 4.69) is 0 Å². The SMILES string of the molecule is C[C-](C)CCC(=O)N1CCN(C(=O)N(C)c2cc(C(F)(F)F)cc(C(F)(F)F)c2)[C@H](Cc2ccc(Cl)c(Cl)c2)C1.[Y]. The molecule has 0 aliphatic carbocycles. The molecule has 0 bridgehead atoms. The van der Waals surface area contributed by atoms with E-state index in [0.29, 0.717) is 29.1 Å². The monoisotopic (exact) mass is 699 g/mol. The zero-order chi connectivity index (χ0) is 30.0. The molecule has 223 valence electrons. The molecule has 1 fully saturated rings. The van der Waals surface area contributed by atoms with E-state index in [1.54, 1.807) is 23.1 Å². The number of piperazine rings is 1. The van der Waals surface area contributed by atoms with Crippen molar-refractivity contribution in [1.29, 1.82) is 0 Å². The first-order valence-corrected chi connectivity index (χ1v) is 13.1. The minimum Gasteiger partial charge on any atom is -0.339 e. The van der Waals surface area contributed by atoms with Crippen molar-refractivity contribution in [2.45, 2.75) is 51.5 Å². The van der Waals surface area contributed by atoms with Crippen molar-refractivity contribution in [1.82, 2.24) is 9.80 Å². The fourth-order valence-electron chi connectivity index (χ4n) is 4.40. The van der Waals surface area contributed by atoms with Crippen molar-refractivity contribution in [3.63, 3.8) is 0 Å². The summed E-state index contributed by atoms with van der Waals surface area (Å²) in [5.74, 6) is 0.962. The van der Waals surface area contributed by atoms with Crippen LogP contribution in [0.5, 0.6) is 0 Å². The molecule has 0 saturated carbocycles. The number of carbonyl (C=O) groups is 2. The van der Waals surface area contributed by atoms with Crippen LogP contribution in [0.3, 0.4) is 0 Å². The molecule has 0 N–H and O–H groups in total. The topological polar surface area (TPSA) is 43.9 Å². The van der Waals surface area contributed by atoms with E-state index >= 15 is 0 Å². The molecule has 41 heavy (non-hydrogen) atoms. The molecule has 1 radical (unpaired) electrons. The van der Waals surface area contributed by atoms with Gasteiger partial charge in [-0.15, -0.1) is 0 Å². The normalized spacial score (nSPS) is 16.0. The van der Waals surface area contributed by atoms with Gasteiger partial charge in [-0.1, -0.05) is 29.3 Å². The maximum atomic E-state index is 13.6. The van der Waals surface area contributed by atoms with E-state index in [-0.39, 0.29) is 82.2 Å². The van der Waals surface area contributed by atoms with Crippen molar-refractivity contribution in [3.05, 3.63) is 69.1 Å². The van der Waals surface area contributed by atoms with E-state index in [0.717, 1.165) is 17.9 Å². The number of rotatable bonds is 6. The van der Waals surface area contributed by atoms with Crippen molar-refractivity contribution < 1.29 is 68.6 Å². The van der Waals surface area contributed by atoms with Gasteiger partial charge < -0.3 is 15.7 Å². The number of carbonyl (C=O) groups excluding carboxylic acids is 2. The Labute approximate surface area is 270 Å². The number of amides is 3. The van der Waals surface area contributed by atoms with Gasteiger partial charge in [0, 0.05) is 65.1 Å². The number of urea groups is 1. The van der Waals surface area contributed by atoms with E-state index in [1.165, 1.54) is 4.90 Å². The maximum Gasteiger partial charge on any atom is 0.416 e. The Balaban J connectivity index is 0.00000588. The molecule has 1 atom stereocenters. The summed E-state index contributed by atoms with van der Waals surface area (Å²) in [5.41, 5.74) is -2.93. The van der Waals surface area contributed by atoms with Crippen LogP contribution in [0, 0.1) is 5.92 Å². The summed E-state index contributed by atoms with van der Waals surface area (Å²) in [6.07, 6.45) is -9.03. The zero-order valence-electron chi connectivity index (χ0n) is 22.5.